The molecular weight excluding hydrogens is 162 g/mol. The van der Waals surface area contributed by atoms with E-state index in [0.717, 1.165) is 18.9 Å². The molecule has 1 aliphatic carbocycles. The van der Waals surface area contributed by atoms with Crippen LogP contribution in [0.2, 0.25) is 0 Å². The number of amides is 1. The van der Waals surface area contributed by atoms with Gasteiger partial charge in [0.2, 0.25) is 5.91 Å². The van der Waals surface area contributed by atoms with Crippen LogP contribution in [0.5, 0.6) is 0 Å². The van der Waals surface area contributed by atoms with Gasteiger partial charge in [0.1, 0.15) is 0 Å². The van der Waals surface area contributed by atoms with Crippen LogP contribution in [0.25, 0.3) is 0 Å². The molecule has 0 N–H and O–H groups in total. The number of carbonyl (C=O) groups excluding carboxylic acids is 1. The van der Waals surface area contributed by atoms with Crippen molar-refractivity contribution in [1.82, 2.24) is 4.90 Å². The van der Waals surface area contributed by atoms with E-state index in [-0.39, 0.29) is 0 Å². The summed E-state index contributed by atoms with van der Waals surface area (Å²) in [6, 6.07) is 0. The van der Waals surface area contributed by atoms with Crippen molar-refractivity contribution in [2.45, 2.75) is 50.5 Å². The normalized spacial score (nSPS) is 43.5. The molecule has 3 fully saturated rings. The molecule has 3 aliphatic rings. The number of hydrogen-bond acceptors (Lipinski definition) is 1. The molecule has 0 unspecified atom stereocenters. The van der Waals surface area contributed by atoms with Gasteiger partial charge in [-0.1, -0.05) is 12.8 Å². The van der Waals surface area contributed by atoms with E-state index in [9.17, 15) is 4.79 Å². The highest BCUT2D eigenvalue weighted by Crippen LogP contribution is 2.51. The highest BCUT2D eigenvalue weighted by atomic mass is 16.2. The van der Waals surface area contributed by atoms with Crippen molar-refractivity contribution >= 4 is 5.91 Å². The van der Waals surface area contributed by atoms with Crippen molar-refractivity contribution in [2.24, 2.45) is 5.92 Å². The Morgan fingerprint density at radius 2 is 2.08 bits per heavy atom. The van der Waals surface area contributed by atoms with E-state index in [0.29, 0.717) is 11.4 Å². The maximum Gasteiger partial charge on any atom is 0.223 e. The Kier molecular flexibility index (Phi) is 1.50. The van der Waals surface area contributed by atoms with Gasteiger partial charge in [0.15, 0.2) is 0 Å². The van der Waals surface area contributed by atoms with Gasteiger partial charge in [-0.05, 0) is 31.6 Å². The van der Waals surface area contributed by atoms with Crippen molar-refractivity contribution in [3.63, 3.8) is 0 Å². The fraction of sp³-hybridized carbons (Fsp3) is 0.909. The number of nitrogens with zero attached hydrogens (tertiary/aromatic N) is 1. The van der Waals surface area contributed by atoms with Crippen LogP contribution in [0.15, 0.2) is 0 Å². The molecule has 2 nitrogen and oxygen atoms in total. The van der Waals surface area contributed by atoms with Gasteiger partial charge in [-0.3, -0.25) is 4.79 Å². The van der Waals surface area contributed by atoms with Crippen LogP contribution in [0.4, 0.5) is 0 Å². The zero-order chi connectivity index (χ0) is 8.89. The van der Waals surface area contributed by atoms with Crippen molar-refractivity contribution in [2.75, 3.05) is 6.54 Å². The maximum atomic E-state index is 11.7. The third kappa shape index (κ3) is 0.866. The second kappa shape index (κ2) is 2.49. The Morgan fingerprint density at radius 3 is 3.00 bits per heavy atom. The molecule has 2 heteroatoms. The van der Waals surface area contributed by atoms with Crippen molar-refractivity contribution in [3.8, 4) is 0 Å². The van der Waals surface area contributed by atoms with Crippen molar-refractivity contribution < 1.29 is 4.79 Å². The molecule has 2 saturated heterocycles. The van der Waals surface area contributed by atoms with Crippen LogP contribution in [0.1, 0.15) is 44.9 Å². The van der Waals surface area contributed by atoms with E-state index >= 15 is 0 Å². The number of hydrogen-bond donors (Lipinski definition) is 0. The highest BCUT2D eigenvalue weighted by Gasteiger charge is 2.55. The average Bonchev–Trinajstić information content (AvgIpc) is 2.62. The lowest BCUT2D eigenvalue weighted by molar-refractivity contribution is -0.129. The van der Waals surface area contributed by atoms with Gasteiger partial charge in [0, 0.05) is 18.5 Å². The predicted octanol–water partition coefficient (Wildman–Crippen LogP) is 1.94. The van der Waals surface area contributed by atoms with Gasteiger partial charge in [-0.2, -0.15) is 0 Å². The van der Waals surface area contributed by atoms with Gasteiger partial charge in [0.05, 0.1) is 0 Å². The molecule has 2 atom stereocenters. The molecule has 1 saturated carbocycles. The molecule has 0 bridgehead atoms. The topological polar surface area (TPSA) is 20.3 Å². The summed E-state index contributed by atoms with van der Waals surface area (Å²) in [5.41, 5.74) is 0.356. The smallest absolute Gasteiger partial charge is 0.223 e. The van der Waals surface area contributed by atoms with E-state index in [1.807, 2.05) is 0 Å². The summed E-state index contributed by atoms with van der Waals surface area (Å²) in [7, 11) is 0. The molecule has 1 amide bonds. The monoisotopic (exact) mass is 179 g/mol. The Bertz CT molecular complexity index is 250. The molecule has 0 aromatic heterocycles. The summed E-state index contributed by atoms with van der Waals surface area (Å²) in [6.07, 6.45) is 8.71. The molecule has 2 heterocycles. The molecular formula is C11H17NO. The zero-order valence-corrected chi connectivity index (χ0v) is 8.09. The Labute approximate surface area is 79.3 Å². The van der Waals surface area contributed by atoms with Crippen LogP contribution in [0.3, 0.4) is 0 Å². The first-order chi connectivity index (χ1) is 6.33. The lowest BCUT2D eigenvalue weighted by Crippen LogP contribution is -2.45. The standard InChI is InChI=1S/C11H17NO/c13-10-8-9-4-1-2-5-11(9)6-3-7-12(10)11/h9H,1-8H2/t9-,11+/m0/s1. The summed E-state index contributed by atoms with van der Waals surface area (Å²) in [5.74, 6) is 1.17. The molecule has 3 rings (SSSR count). The lowest BCUT2D eigenvalue weighted by Gasteiger charge is -2.40. The summed E-state index contributed by atoms with van der Waals surface area (Å²) in [6.45, 7) is 1.05. The van der Waals surface area contributed by atoms with E-state index < -0.39 is 0 Å². The fourth-order valence-corrected chi connectivity index (χ4v) is 3.87. The molecule has 13 heavy (non-hydrogen) atoms. The summed E-state index contributed by atoms with van der Waals surface area (Å²) < 4.78 is 0. The molecule has 0 aromatic carbocycles. The minimum Gasteiger partial charge on any atom is -0.337 e. The molecule has 0 aromatic rings. The van der Waals surface area contributed by atoms with E-state index in [1.54, 1.807) is 0 Å². The Morgan fingerprint density at radius 1 is 1.23 bits per heavy atom. The fourth-order valence-electron chi connectivity index (χ4n) is 3.87. The maximum absolute atomic E-state index is 11.7. The lowest BCUT2D eigenvalue weighted by atomic mass is 9.72. The summed E-state index contributed by atoms with van der Waals surface area (Å²) >= 11 is 0. The molecule has 72 valence electrons. The first kappa shape index (κ1) is 7.84. The molecule has 0 radical (unpaired) electrons. The SMILES string of the molecule is O=C1C[C@@H]2CCCC[C@@]23CCCN13. The van der Waals surface area contributed by atoms with Crippen LogP contribution in [-0.4, -0.2) is 22.9 Å². The van der Waals surface area contributed by atoms with Gasteiger partial charge >= 0.3 is 0 Å². The third-order valence-electron chi connectivity index (χ3n) is 4.42. The van der Waals surface area contributed by atoms with Gasteiger partial charge < -0.3 is 4.90 Å². The predicted molar refractivity (Wildman–Crippen MR) is 50.3 cm³/mol. The molecule has 1 spiro atoms. The van der Waals surface area contributed by atoms with E-state index in [2.05, 4.69) is 4.90 Å². The average molecular weight is 179 g/mol. The zero-order valence-electron chi connectivity index (χ0n) is 8.09. The summed E-state index contributed by atoms with van der Waals surface area (Å²) in [4.78, 5) is 14.0. The first-order valence-electron chi connectivity index (χ1n) is 5.63. The van der Waals surface area contributed by atoms with Gasteiger partial charge in [-0.25, -0.2) is 0 Å². The quantitative estimate of drug-likeness (QED) is 0.556. The first-order valence-corrected chi connectivity index (χ1v) is 5.63. The Hall–Kier alpha value is -0.530. The minimum atomic E-state index is 0.356. The minimum absolute atomic E-state index is 0.356. The van der Waals surface area contributed by atoms with Crippen LogP contribution < -0.4 is 0 Å². The second-order valence-corrected chi connectivity index (χ2v) is 4.90. The van der Waals surface area contributed by atoms with Gasteiger partial charge in [0.25, 0.3) is 0 Å². The number of carbonyl (C=O) groups is 1. The number of rotatable bonds is 0. The van der Waals surface area contributed by atoms with Crippen LogP contribution in [0, 0.1) is 5.92 Å². The largest absolute Gasteiger partial charge is 0.337 e. The highest BCUT2D eigenvalue weighted by molar-refractivity contribution is 5.80. The Balaban J connectivity index is 1.98. The van der Waals surface area contributed by atoms with E-state index in [1.165, 1.54) is 38.5 Å². The second-order valence-electron chi connectivity index (χ2n) is 4.90. The summed E-state index contributed by atoms with van der Waals surface area (Å²) in [5, 5.41) is 0. The van der Waals surface area contributed by atoms with E-state index in [4.69, 9.17) is 0 Å². The third-order valence-corrected chi connectivity index (χ3v) is 4.42. The molecule has 2 aliphatic heterocycles. The van der Waals surface area contributed by atoms with Crippen LogP contribution >= 0.6 is 0 Å². The van der Waals surface area contributed by atoms with Crippen molar-refractivity contribution in [3.05, 3.63) is 0 Å². The van der Waals surface area contributed by atoms with Crippen molar-refractivity contribution in [1.29, 1.82) is 0 Å². The van der Waals surface area contributed by atoms with Gasteiger partial charge in [-0.15, -0.1) is 0 Å². The van der Waals surface area contributed by atoms with Crippen LogP contribution in [-0.2, 0) is 4.79 Å².